The van der Waals surface area contributed by atoms with Gasteiger partial charge >= 0.3 is 0 Å². The fourth-order valence-electron chi connectivity index (χ4n) is 3.18. The molecule has 0 spiro atoms. The second-order valence-electron chi connectivity index (χ2n) is 5.84. The van der Waals surface area contributed by atoms with Crippen molar-refractivity contribution in [2.24, 2.45) is 17.6 Å². The van der Waals surface area contributed by atoms with Crippen LogP contribution in [0.3, 0.4) is 0 Å². The molecular weight excluding hydrogens is 239 g/mol. The van der Waals surface area contributed by atoms with Crippen LogP contribution in [0.5, 0.6) is 0 Å². The van der Waals surface area contributed by atoms with Crippen LogP contribution in [-0.4, -0.2) is 19.6 Å². The predicted octanol–water partition coefficient (Wildman–Crippen LogP) is 3.42. The molecule has 0 radical (unpaired) electrons. The predicted molar refractivity (Wildman–Crippen MR) is 78.8 cm³/mol. The van der Waals surface area contributed by atoms with Gasteiger partial charge < -0.3 is 10.6 Å². The highest BCUT2D eigenvalue weighted by molar-refractivity contribution is 5.46. The Morgan fingerprint density at radius 2 is 2.05 bits per heavy atom. The lowest BCUT2D eigenvalue weighted by atomic mass is 9.77. The standard InChI is InChI=1S/C16H25FN2/c1-3-12-8-9-15(18)13(10-12)11-19(2)16-7-5-4-6-14(16)17/h4-7,12-13,15H,3,8-11,18H2,1-2H3. The van der Waals surface area contributed by atoms with Gasteiger partial charge in [0.05, 0.1) is 5.69 Å². The van der Waals surface area contributed by atoms with E-state index in [2.05, 4.69) is 6.92 Å². The van der Waals surface area contributed by atoms with Crippen molar-refractivity contribution >= 4 is 5.69 Å². The third-order valence-electron chi connectivity index (χ3n) is 4.50. The number of benzene rings is 1. The Hall–Kier alpha value is -1.09. The number of rotatable bonds is 4. The summed E-state index contributed by atoms with van der Waals surface area (Å²) in [6.45, 7) is 3.09. The van der Waals surface area contributed by atoms with Crippen LogP contribution in [0.1, 0.15) is 32.6 Å². The molecule has 0 aromatic heterocycles. The Morgan fingerprint density at radius 1 is 1.32 bits per heavy atom. The van der Waals surface area contributed by atoms with Crippen LogP contribution in [-0.2, 0) is 0 Å². The van der Waals surface area contributed by atoms with Gasteiger partial charge in [0.1, 0.15) is 5.82 Å². The highest BCUT2D eigenvalue weighted by Crippen LogP contribution is 2.31. The number of hydrogen-bond acceptors (Lipinski definition) is 2. The molecule has 1 aromatic rings. The number of halogens is 1. The molecule has 0 saturated heterocycles. The van der Waals surface area contributed by atoms with E-state index in [9.17, 15) is 4.39 Å². The van der Waals surface area contributed by atoms with Crippen molar-refractivity contribution in [3.63, 3.8) is 0 Å². The molecule has 3 heteroatoms. The molecule has 0 heterocycles. The van der Waals surface area contributed by atoms with Gasteiger partial charge in [0.2, 0.25) is 0 Å². The van der Waals surface area contributed by atoms with Crippen molar-refractivity contribution in [2.75, 3.05) is 18.5 Å². The Morgan fingerprint density at radius 3 is 2.74 bits per heavy atom. The Balaban J connectivity index is 2.01. The van der Waals surface area contributed by atoms with Crippen molar-refractivity contribution in [1.82, 2.24) is 0 Å². The van der Waals surface area contributed by atoms with E-state index in [1.54, 1.807) is 6.07 Å². The average molecular weight is 264 g/mol. The molecule has 1 aliphatic rings. The highest BCUT2D eigenvalue weighted by atomic mass is 19.1. The molecule has 0 aliphatic heterocycles. The average Bonchev–Trinajstić information content (AvgIpc) is 2.41. The molecule has 106 valence electrons. The van der Waals surface area contributed by atoms with Gasteiger partial charge in [-0.05, 0) is 43.2 Å². The van der Waals surface area contributed by atoms with Gasteiger partial charge in [-0.25, -0.2) is 4.39 Å². The van der Waals surface area contributed by atoms with Gasteiger partial charge in [-0.1, -0.05) is 25.5 Å². The maximum Gasteiger partial charge on any atom is 0.146 e. The van der Waals surface area contributed by atoms with Crippen LogP contribution < -0.4 is 10.6 Å². The number of para-hydroxylation sites is 1. The van der Waals surface area contributed by atoms with Crippen LogP contribution >= 0.6 is 0 Å². The molecule has 0 amide bonds. The topological polar surface area (TPSA) is 29.3 Å². The zero-order valence-corrected chi connectivity index (χ0v) is 12.0. The van der Waals surface area contributed by atoms with E-state index in [1.807, 2.05) is 24.1 Å². The van der Waals surface area contributed by atoms with E-state index in [0.29, 0.717) is 11.6 Å². The SMILES string of the molecule is CCC1CCC(N)C(CN(C)c2ccccc2F)C1. The van der Waals surface area contributed by atoms with Crippen molar-refractivity contribution in [3.8, 4) is 0 Å². The Bertz CT molecular complexity index is 407. The molecule has 1 fully saturated rings. The fourth-order valence-corrected chi connectivity index (χ4v) is 3.18. The van der Waals surface area contributed by atoms with Crippen molar-refractivity contribution in [2.45, 2.75) is 38.6 Å². The molecule has 3 unspecified atom stereocenters. The minimum atomic E-state index is -0.151. The summed E-state index contributed by atoms with van der Waals surface area (Å²) in [6, 6.07) is 7.22. The van der Waals surface area contributed by atoms with Gasteiger partial charge in [-0.15, -0.1) is 0 Å². The van der Waals surface area contributed by atoms with Gasteiger partial charge in [0, 0.05) is 19.6 Å². The van der Waals surface area contributed by atoms with Gasteiger partial charge in [0.15, 0.2) is 0 Å². The maximum absolute atomic E-state index is 13.8. The molecular formula is C16H25FN2. The summed E-state index contributed by atoms with van der Waals surface area (Å²) in [5.41, 5.74) is 6.91. The summed E-state index contributed by atoms with van der Waals surface area (Å²) in [6.07, 6.45) is 4.76. The Labute approximate surface area is 115 Å². The second kappa shape index (κ2) is 6.38. The smallest absolute Gasteiger partial charge is 0.146 e. The molecule has 1 aliphatic carbocycles. The van der Waals surface area contributed by atoms with Crippen LogP contribution in [0.2, 0.25) is 0 Å². The molecule has 2 rings (SSSR count). The first-order valence-electron chi connectivity index (χ1n) is 7.33. The minimum absolute atomic E-state index is 0.151. The van der Waals surface area contributed by atoms with E-state index in [0.717, 1.165) is 18.9 Å². The van der Waals surface area contributed by atoms with Crippen LogP contribution in [0.15, 0.2) is 24.3 Å². The summed E-state index contributed by atoms with van der Waals surface area (Å²) < 4.78 is 13.8. The van der Waals surface area contributed by atoms with E-state index in [1.165, 1.54) is 25.3 Å². The third-order valence-corrected chi connectivity index (χ3v) is 4.50. The highest BCUT2D eigenvalue weighted by Gasteiger charge is 2.28. The number of hydrogen-bond donors (Lipinski definition) is 1. The lowest BCUT2D eigenvalue weighted by Gasteiger charge is -2.36. The van der Waals surface area contributed by atoms with Gasteiger partial charge in [-0.2, -0.15) is 0 Å². The maximum atomic E-state index is 13.8. The lowest BCUT2D eigenvalue weighted by molar-refractivity contribution is 0.231. The second-order valence-corrected chi connectivity index (χ2v) is 5.84. The first kappa shape index (κ1) is 14.3. The van der Waals surface area contributed by atoms with E-state index < -0.39 is 0 Å². The molecule has 3 atom stereocenters. The third kappa shape index (κ3) is 3.47. The Kier molecular flexibility index (Phi) is 4.81. The first-order chi connectivity index (χ1) is 9.11. The van der Waals surface area contributed by atoms with Crippen LogP contribution in [0.4, 0.5) is 10.1 Å². The molecule has 1 aromatic carbocycles. The van der Waals surface area contributed by atoms with Crippen molar-refractivity contribution < 1.29 is 4.39 Å². The molecule has 2 nitrogen and oxygen atoms in total. The van der Waals surface area contributed by atoms with Gasteiger partial charge in [0.25, 0.3) is 0 Å². The quantitative estimate of drug-likeness (QED) is 0.903. The lowest BCUT2D eigenvalue weighted by Crippen LogP contribution is -2.42. The molecule has 19 heavy (non-hydrogen) atoms. The van der Waals surface area contributed by atoms with Gasteiger partial charge in [-0.3, -0.25) is 0 Å². The van der Waals surface area contributed by atoms with Crippen molar-refractivity contribution in [1.29, 1.82) is 0 Å². The molecule has 2 N–H and O–H groups in total. The monoisotopic (exact) mass is 264 g/mol. The first-order valence-corrected chi connectivity index (χ1v) is 7.33. The molecule has 0 bridgehead atoms. The number of anilines is 1. The summed E-state index contributed by atoms with van der Waals surface area (Å²) in [5.74, 6) is 1.11. The number of nitrogens with zero attached hydrogens (tertiary/aromatic N) is 1. The summed E-state index contributed by atoms with van der Waals surface area (Å²) >= 11 is 0. The van der Waals surface area contributed by atoms with E-state index in [4.69, 9.17) is 5.73 Å². The zero-order chi connectivity index (χ0) is 13.8. The number of nitrogens with two attached hydrogens (primary N) is 1. The van der Waals surface area contributed by atoms with E-state index in [-0.39, 0.29) is 11.9 Å². The van der Waals surface area contributed by atoms with E-state index >= 15 is 0 Å². The fraction of sp³-hybridized carbons (Fsp3) is 0.625. The van der Waals surface area contributed by atoms with Crippen LogP contribution in [0, 0.1) is 17.7 Å². The zero-order valence-electron chi connectivity index (χ0n) is 12.0. The normalized spacial score (nSPS) is 27.3. The largest absolute Gasteiger partial charge is 0.372 e. The summed E-state index contributed by atoms with van der Waals surface area (Å²) in [5, 5.41) is 0. The van der Waals surface area contributed by atoms with Crippen molar-refractivity contribution in [3.05, 3.63) is 30.1 Å². The summed E-state index contributed by atoms with van der Waals surface area (Å²) in [7, 11) is 1.96. The molecule has 1 saturated carbocycles. The minimum Gasteiger partial charge on any atom is -0.372 e. The summed E-state index contributed by atoms with van der Waals surface area (Å²) in [4.78, 5) is 2.01. The van der Waals surface area contributed by atoms with Crippen LogP contribution in [0.25, 0.3) is 0 Å².